The predicted molar refractivity (Wildman–Crippen MR) is 334 cm³/mol. The standard InChI is InChI=1S/C71H88F15N3O7/c1-5-6-7-8-9-10-11-12-13-14-15-16-17-18-19-20-21-22-30-96-54(90)25-23-24-40(2)50-26-27-51-55-49(56-58(62(93)60(56)91)87-47-34-42(67(72,73)74)31-43(35-47)68(75,76)77)38-41-33-46(89-64(95)71(84,85)86)28-29-65(41,3)52(55)39-53(66(50,51)4)57-59(63(94)61(57)92)88-48-36-44(69(78,79)80)32-45(37-48)70(81,82)83/h31-32,34-37,40-41,46,49-53,55,87-88H,5-30,33,38-39H2,1-4H3,(H,89,95)/t40-,41-,46?,49?,50-,51+,52+,53?,55+,65+,66-/m1/s1. The molecule has 3 N–H and O–H groups in total. The molecule has 8 rings (SSSR count). The van der Waals surface area contributed by atoms with E-state index in [0.717, 1.165) is 25.7 Å². The van der Waals surface area contributed by atoms with Gasteiger partial charge in [-0.05, 0) is 159 Å². The molecule has 534 valence electrons. The van der Waals surface area contributed by atoms with Gasteiger partial charge in [0, 0.05) is 35.0 Å². The molecule has 0 aliphatic heterocycles. The Hall–Kier alpha value is -5.91. The number of fused-ring (bicyclic) bond motifs is 5. The van der Waals surface area contributed by atoms with Crippen LogP contribution in [0.1, 0.15) is 253 Å². The summed E-state index contributed by atoms with van der Waals surface area (Å²) in [5.41, 5.74) is -17.5. The number of ether oxygens (including phenoxy) is 1. The highest BCUT2D eigenvalue weighted by molar-refractivity contribution is 5.82. The molecule has 11 atom stereocenters. The van der Waals surface area contributed by atoms with Crippen molar-refractivity contribution in [1.29, 1.82) is 0 Å². The molecule has 0 bridgehead atoms. The summed E-state index contributed by atoms with van der Waals surface area (Å²) in [5, 5.41) is 6.85. The third-order valence-corrected chi connectivity index (χ3v) is 22.3. The number of alkyl halides is 15. The highest BCUT2D eigenvalue weighted by atomic mass is 19.4. The van der Waals surface area contributed by atoms with Crippen molar-refractivity contribution in [3.8, 4) is 0 Å². The third-order valence-electron chi connectivity index (χ3n) is 22.3. The maximum absolute atomic E-state index is 14.5. The van der Waals surface area contributed by atoms with E-state index in [0.29, 0.717) is 49.9 Å². The van der Waals surface area contributed by atoms with Crippen LogP contribution in [0.5, 0.6) is 0 Å². The Morgan fingerprint density at radius 2 is 0.969 bits per heavy atom. The fourth-order valence-corrected chi connectivity index (χ4v) is 17.5. The van der Waals surface area contributed by atoms with E-state index >= 15 is 0 Å². The zero-order valence-corrected chi connectivity index (χ0v) is 54.7. The zero-order valence-electron chi connectivity index (χ0n) is 54.7. The van der Waals surface area contributed by atoms with Crippen molar-refractivity contribution in [1.82, 2.24) is 5.32 Å². The summed E-state index contributed by atoms with van der Waals surface area (Å²) >= 11 is 0. The number of hydrogen-bond donors (Lipinski definition) is 3. The Morgan fingerprint density at radius 1 is 0.531 bits per heavy atom. The second-order valence-electron chi connectivity index (χ2n) is 28.4. The molecular weight excluding hydrogens is 1290 g/mol. The van der Waals surface area contributed by atoms with Crippen LogP contribution in [0, 0.1) is 46.3 Å². The number of rotatable bonds is 31. The van der Waals surface area contributed by atoms with E-state index in [1.165, 1.54) is 83.5 Å². The fourth-order valence-electron chi connectivity index (χ4n) is 17.5. The minimum atomic E-state index is -5.34. The molecule has 0 spiro atoms. The molecule has 1 amide bonds. The summed E-state index contributed by atoms with van der Waals surface area (Å²) in [6.45, 7) is 7.96. The lowest BCUT2D eigenvalue weighted by Crippen LogP contribution is -2.61. The summed E-state index contributed by atoms with van der Waals surface area (Å²) in [5.74, 6) is -8.84. The zero-order chi connectivity index (χ0) is 70.5. The average Bonchev–Trinajstić information content (AvgIpc) is 1.25. The first-order valence-corrected chi connectivity index (χ1v) is 34.2. The van der Waals surface area contributed by atoms with Gasteiger partial charge in [-0.3, -0.25) is 28.8 Å². The van der Waals surface area contributed by atoms with Crippen LogP contribution in [0.4, 0.5) is 88.6 Å². The van der Waals surface area contributed by atoms with Gasteiger partial charge in [0.05, 0.1) is 40.2 Å². The number of amides is 1. The molecule has 25 heteroatoms. The number of benzene rings is 2. The maximum atomic E-state index is 14.5. The minimum absolute atomic E-state index is 0.0101. The highest BCUT2D eigenvalue weighted by Gasteiger charge is 2.68. The second kappa shape index (κ2) is 30.7. The largest absolute Gasteiger partial charge is 0.471 e. The lowest BCUT2D eigenvalue weighted by atomic mass is 9.39. The molecule has 4 aromatic carbocycles. The lowest BCUT2D eigenvalue weighted by molar-refractivity contribution is -0.176. The normalized spacial score (nSPS) is 25.1. The molecule has 96 heavy (non-hydrogen) atoms. The van der Waals surface area contributed by atoms with Gasteiger partial charge in [0.25, 0.3) is 0 Å². The van der Waals surface area contributed by atoms with Gasteiger partial charge < -0.3 is 20.7 Å². The molecule has 4 aliphatic rings. The number of nitrogens with one attached hydrogen (secondary N) is 3. The SMILES string of the molecule is CCCCCCCCCCCCCCCCCCCCOC(=O)CCC[C@@H](C)[C@H]1CC[C@H]2[C@@H]3C(c4c(Nc5cc(C(F)(F)F)cc(C(F)(F)F)c5)c(=O)c4=O)C[C@H]4CC(NC(=O)C(F)(F)F)CC[C@]4(C)[C@H]3CC(c3c(Nc4cc(C(F)(F)F)cc(C(F)(F)F)c4)c(=O)c3=O)[C@]12C. The molecule has 3 unspecified atom stereocenters. The van der Waals surface area contributed by atoms with Crippen molar-refractivity contribution in [3.05, 3.63) is 111 Å². The van der Waals surface area contributed by atoms with Gasteiger partial charge in [-0.25, -0.2) is 0 Å². The minimum Gasteiger partial charge on any atom is -0.466 e. The molecule has 0 radical (unpaired) electrons. The lowest BCUT2D eigenvalue weighted by Gasteiger charge is -2.65. The smallest absolute Gasteiger partial charge is 0.466 e. The monoisotopic (exact) mass is 1380 g/mol. The Kier molecular flexibility index (Phi) is 24.2. The maximum Gasteiger partial charge on any atom is 0.471 e. The number of carbonyl (C=O) groups is 2. The summed E-state index contributed by atoms with van der Waals surface area (Å²) in [6.07, 6.45) is -4.32. The van der Waals surface area contributed by atoms with E-state index in [9.17, 15) is 94.6 Å². The van der Waals surface area contributed by atoms with E-state index in [1.54, 1.807) is 0 Å². The van der Waals surface area contributed by atoms with E-state index < -0.39 is 168 Å². The van der Waals surface area contributed by atoms with Crippen LogP contribution in [0.2, 0.25) is 0 Å². The van der Waals surface area contributed by atoms with Gasteiger partial charge in [0.1, 0.15) is 0 Å². The molecule has 0 aromatic heterocycles. The number of hydrogen-bond acceptors (Lipinski definition) is 9. The Bertz CT molecular complexity index is 3400. The van der Waals surface area contributed by atoms with Crippen LogP contribution in [0.15, 0.2) is 55.6 Å². The van der Waals surface area contributed by atoms with Gasteiger partial charge in [0.2, 0.25) is 21.7 Å². The molecule has 10 nitrogen and oxygen atoms in total. The van der Waals surface area contributed by atoms with Gasteiger partial charge in [-0.1, -0.05) is 137 Å². The Morgan fingerprint density at radius 3 is 1.42 bits per heavy atom. The first-order valence-electron chi connectivity index (χ1n) is 34.2. The van der Waals surface area contributed by atoms with Crippen LogP contribution >= 0.6 is 0 Å². The number of anilines is 4. The first kappa shape index (κ1) is 75.9. The number of unbranched alkanes of at least 4 members (excludes halogenated alkanes) is 17. The van der Waals surface area contributed by atoms with Gasteiger partial charge >= 0.3 is 42.8 Å². The number of esters is 1. The van der Waals surface area contributed by atoms with E-state index in [4.69, 9.17) is 4.74 Å². The summed E-state index contributed by atoms with van der Waals surface area (Å²) < 4.78 is 218. The van der Waals surface area contributed by atoms with E-state index in [2.05, 4.69) is 17.6 Å². The summed E-state index contributed by atoms with van der Waals surface area (Å²) in [4.78, 5) is 82.2. The Labute approximate surface area is 548 Å². The van der Waals surface area contributed by atoms with Crippen molar-refractivity contribution >= 4 is 34.6 Å². The molecule has 4 saturated carbocycles. The van der Waals surface area contributed by atoms with Crippen LogP contribution in [0.3, 0.4) is 0 Å². The molecule has 4 aliphatic carbocycles. The summed E-state index contributed by atoms with van der Waals surface area (Å²) in [6, 6.07) is -0.0750. The van der Waals surface area contributed by atoms with Crippen LogP contribution in [-0.4, -0.2) is 30.7 Å². The number of carbonyl (C=O) groups excluding carboxylic acids is 2. The predicted octanol–water partition coefficient (Wildman–Crippen LogP) is 19.6. The first-order chi connectivity index (χ1) is 44.9. The second-order valence-corrected chi connectivity index (χ2v) is 28.4. The summed E-state index contributed by atoms with van der Waals surface area (Å²) in [7, 11) is 0. The average molecular weight is 1380 g/mol. The van der Waals surface area contributed by atoms with E-state index in [-0.39, 0.29) is 80.7 Å². The quantitative estimate of drug-likeness (QED) is 0.0194. The highest BCUT2D eigenvalue weighted by Crippen LogP contribution is 2.74. The molecular formula is C71H88F15N3O7. The van der Waals surface area contributed by atoms with Gasteiger partial charge in [-0.15, -0.1) is 0 Å². The Balaban J connectivity index is 1.06. The van der Waals surface area contributed by atoms with Crippen LogP contribution < -0.4 is 37.7 Å². The topological polar surface area (TPSA) is 148 Å². The van der Waals surface area contributed by atoms with Crippen LogP contribution in [-0.2, 0) is 39.0 Å². The van der Waals surface area contributed by atoms with Crippen molar-refractivity contribution < 1.29 is 80.2 Å². The number of halogens is 15. The van der Waals surface area contributed by atoms with Crippen molar-refractivity contribution in [2.24, 2.45) is 46.3 Å². The fraction of sp³-hybridized carbons (Fsp3) is 0.690. The van der Waals surface area contributed by atoms with Crippen molar-refractivity contribution in [2.75, 3.05) is 17.2 Å². The molecule has 4 aromatic rings. The van der Waals surface area contributed by atoms with Crippen molar-refractivity contribution in [2.45, 2.75) is 256 Å². The molecule has 4 fully saturated rings. The van der Waals surface area contributed by atoms with Gasteiger partial charge in [-0.2, -0.15) is 65.9 Å². The third kappa shape index (κ3) is 17.4. The molecule has 0 saturated heterocycles. The van der Waals surface area contributed by atoms with Gasteiger partial charge in [0.15, 0.2) is 0 Å². The molecule has 0 heterocycles. The van der Waals surface area contributed by atoms with E-state index in [1.807, 2.05) is 26.1 Å². The van der Waals surface area contributed by atoms with Crippen molar-refractivity contribution in [3.63, 3.8) is 0 Å². The van der Waals surface area contributed by atoms with Crippen LogP contribution in [0.25, 0.3) is 0 Å².